The van der Waals surface area contributed by atoms with Gasteiger partial charge in [-0.3, -0.25) is 4.79 Å². The molecule has 1 aliphatic heterocycles. The normalized spacial score (nSPS) is 15.5. The third kappa shape index (κ3) is 4.29. The first-order chi connectivity index (χ1) is 17.0. The van der Waals surface area contributed by atoms with E-state index in [-0.39, 0.29) is 17.5 Å². The number of ether oxygens (including phenoxy) is 1. The molecule has 0 radical (unpaired) electrons. The molecule has 0 aliphatic carbocycles. The molecule has 174 valence electrons. The number of hydrogen-bond acceptors (Lipinski definition) is 7. The van der Waals surface area contributed by atoms with Gasteiger partial charge < -0.3 is 15.4 Å². The summed E-state index contributed by atoms with van der Waals surface area (Å²) in [7, 11) is 0. The summed E-state index contributed by atoms with van der Waals surface area (Å²) in [6.45, 7) is 4.54. The van der Waals surface area contributed by atoms with Gasteiger partial charge in [-0.05, 0) is 49.2 Å². The highest BCUT2D eigenvalue weighted by molar-refractivity contribution is 5.98. The van der Waals surface area contributed by atoms with Crippen LogP contribution in [0.5, 0.6) is 11.5 Å². The molecule has 2 aromatic carbocycles. The number of amides is 1. The van der Waals surface area contributed by atoms with Crippen LogP contribution in [0.2, 0.25) is 0 Å². The van der Waals surface area contributed by atoms with Gasteiger partial charge in [-0.2, -0.15) is 10.4 Å². The summed E-state index contributed by atoms with van der Waals surface area (Å²) in [4.78, 5) is 22.8. The number of carbonyl (C=O) groups excluding carboxylic acids is 1. The second kappa shape index (κ2) is 9.27. The first-order valence-electron chi connectivity index (χ1n) is 11.3. The van der Waals surface area contributed by atoms with Crippen molar-refractivity contribution in [2.24, 2.45) is 0 Å². The van der Waals surface area contributed by atoms with Crippen LogP contribution in [0.3, 0.4) is 0 Å². The summed E-state index contributed by atoms with van der Waals surface area (Å²) < 4.78 is 7.73. The van der Waals surface area contributed by atoms with Crippen LogP contribution in [0.1, 0.15) is 18.9 Å². The zero-order valence-corrected chi connectivity index (χ0v) is 19.0. The van der Waals surface area contributed by atoms with Gasteiger partial charge in [0.25, 0.3) is 5.91 Å². The SMILES string of the molecule is C=C(C#N)C(=O)N1CCC[C@@H](n2nc(-c3ccc(Oc4ccccc4)cc3)c3c(N)ncnc32)C1. The molecular weight excluding hydrogens is 442 g/mol. The monoisotopic (exact) mass is 465 g/mol. The maximum Gasteiger partial charge on any atom is 0.263 e. The summed E-state index contributed by atoms with van der Waals surface area (Å²) in [5.74, 6) is 1.44. The molecule has 9 nitrogen and oxygen atoms in total. The second-order valence-electron chi connectivity index (χ2n) is 8.33. The average molecular weight is 466 g/mol. The van der Waals surface area contributed by atoms with Crippen LogP contribution >= 0.6 is 0 Å². The number of nitrogen functional groups attached to an aromatic ring is 1. The summed E-state index contributed by atoms with van der Waals surface area (Å²) in [6.07, 6.45) is 3.00. The molecule has 4 aromatic rings. The molecule has 0 saturated carbocycles. The summed E-state index contributed by atoms with van der Waals surface area (Å²) in [5.41, 5.74) is 8.31. The Kier molecular flexibility index (Phi) is 5.85. The Morgan fingerprint density at radius 3 is 2.60 bits per heavy atom. The third-order valence-electron chi connectivity index (χ3n) is 6.05. The predicted molar refractivity (Wildman–Crippen MR) is 131 cm³/mol. The van der Waals surface area contributed by atoms with E-state index < -0.39 is 0 Å². The first kappa shape index (κ1) is 22.1. The number of hydrogen-bond donors (Lipinski definition) is 1. The molecule has 1 saturated heterocycles. The Hall–Kier alpha value is -4.71. The van der Waals surface area contributed by atoms with Gasteiger partial charge in [0.1, 0.15) is 41.0 Å². The molecule has 2 N–H and O–H groups in total. The Bertz CT molecular complexity index is 1440. The number of nitriles is 1. The molecule has 1 aliphatic rings. The number of rotatable bonds is 5. The zero-order chi connectivity index (χ0) is 24.4. The third-order valence-corrected chi connectivity index (χ3v) is 6.05. The van der Waals surface area contributed by atoms with Crippen molar-refractivity contribution < 1.29 is 9.53 Å². The summed E-state index contributed by atoms with van der Waals surface area (Å²) >= 11 is 0. The minimum Gasteiger partial charge on any atom is -0.457 e. The van der Waals surface area contributed by atoms with Crippen molar-refractivity contribution in [1.29, 1.82) is 5.26 Å². The van der Waals surface area contributed by atoms with Gasteiger partial charge in [0.2, 0.25) is 0 Å². The van der Waals surface area contributed by atoms with Crippen LogP contribution < -0.4 is 10.5 Å². The molecule has 3 heterocycles. The van der Waals surface area contributed by atoms with Gasteiger partial charge in [-0.1, -0.05) is 24.8 Å². The minimum absolute atomic E-state index is 0.0685. The van der Waals surface area contributed by atoms with Crippen LogP contribution in [0.15, 0.2) is 73.1 Å². The average Bonchev–Trinajstić information content (AvgIpc) is 3.30. The number of nitrogens with two attached hydrogens (primary N) is 1. The standard InChI is InChI=1S/C26H23N7O2/c1-17(14-27)26(34)32-13-5-6-19(15-32)33-25-22(24(28)29-16-30-25)23(31-33)18-9-11-21(12-10-18)35-20-7-3-2-4-8-20/h2-4,7-12,16,19H,1,5-6,13,15H2,(H2,28,29,30)/t19-/m1/s1. The van der Waals surface area contributed by atoms with E-state index in [0.717, 1.165) is 24.2 Å². The number of aromatic nitrogens is 4. The molecule has 1 amide bonds. The van der Waals surface area contributed by atoms with Crippen molar-refractivity contribution in [3.63, 3.8) is 0 Å². The summed E-state index contributed by atoms with van der Waals surface area (Å²) in [6, 6.07) is 18.9. The number of carbonyl (C=O) groups is 1. The van der Waals surface area contributed by atoms with E-state index in [4.69, 9.17) is 20.8 Å². The first-order valence-corrected chi connectivity index (χ1v) is 11.3. The fourth-order valence-corrected chi connectivity index (χ4v) is 4.34. The van der Waals surface area contributed by atoms with Gasteiger partial charge in [-0.25, -0.2) is 14.6 Å². The lowest BCUT2D eigenvalue weighted by atomic mass is 10.0. The molecule has 0 spiro atoms. The van der Waals surface area contributed by atoms with Crippen molar-refractivity contribution in [3.8, 4) is 28.8 Å². The Balaban J connectivity index is 1.48. The molecule has 0 bridgehead atoms. The molecule has 5 rings (SSSR count). The van der Waals surface area contributed by atoms with Gasteiger partial charge in [0.05, 0.1) is 11.4 Å². The smallest absolute Gasteiger partial charge is 0.263 e. The number of piperidine rings is 1. The lowest BCUT2D eigenvalue weighted by molar-refractivity contribution is -0.128. The number of likely N-dealkylation sites (tertiary alicyclic amines) is 1. The molecule has 9 heteroatoms. The quantitative estimate of drug-likeness (QED) is 0.347. The molecule has 1 atom stereocenters. The maximum atomic E-state index is 12.5. The van der Waals surface area contributed by atoms with Crippen LogP contribution in [-0.4, -0.2) is 43.6 Å². The highest BCUT2D eigenvalue weighted by Gasteiger charge is 2.29. The van der Waals surface area contributed by atoms with E-state index in [1.807, 2.05) is 65.3 Å². The zero-order valence-electron chi connectivity index (χ0n) is 19.0. The van der Waals surface area contributed by atoms with Gasteiger partial charge in [0.15, 0.2) is 5.65 Å². The van der Waals surface area contributed by atoms with Gasteiger partial charge in [0, 0.05) is 18.7 Å². The Morgan fingerprint density at radius 2 is 1.86 bits per heavy atom. The fraction of sp³-hybridized carbons (Fsp3) is 0.192. The van der Waals surface area contributed by atoms with Crippen molar-refractivity contribution in [3.05, 3.63) is 73.1 Å². The molecule has 2 aromatic heterocycles. The van der Waals surface area contributed by atoms with Crippen molar-refractivity contribution in [2.75, 3.05) is 18.8 Å². The Labute approximate surface area is 202 Å². The highest BCUT2D eigenvalue weighted by atomic mass is 16.5. The van der Waals surface area contributed by atoms with Crippen molar-refractivity contribution in [1.82, 2.24) is 24.6 Å². The molecular formula is C26H23N7O2. The minimum atomic E-state index is -0.350. The van der Waals surface area contributed by atoms with Crippen LogP contribution in [0.25, 0.3) is 22.3 Å². The van der Waals surface area contributed by atoms with E-state index >= 15 is 0 Å². The lowest BCUT2D eigenvalue weighted by Gasteiger charge is -2.32. The van der Waals surface area contributed by atoms with Crippen LogP contribution in [0.4, 0.5) is 5.82 Å². The second-order valence-corrected chi connectivity index (χ2v) is 8.33. The molecule has 0 unspecified atom stereocenters. The topological polar surface area (TPSA) is 123 Å². The van der Waals surface area contributed by atoms with E-state index in [1.165, 1.54) is 6.33 Å². The molecule has 35 heavy (non-hydrogen) atoms. The predicted octanol–water partition coefficient (Wildman–Crippen LogP) is 4.11. The number of anilines is 1. The largest absolute Gasteiger partial charge is 0.457 e. The van der Waals surface area contributed by atoms with Gasteiger partial charge >= 0.3 is 0 Å². The van der Waals surface area contributed by atoms with E-state index in [0.29, 0.717) is 41.4 Å². The van der Waals surface area contributed by atoms with E-state index in [9.17, 15) is 4.79 Å². The van der Waals surface area contributed by atoms with E-state index in [1.54, 1.807) is 4.90 Å². The number of para-hydroxylation sites is 1. The Morgan fingerprint density at radius 1 is 1.11 bits per heavy atom. The van der Waals surface area contributed by atoms with Crippen molar-refractivity contribution in [2.45, 2.75) is 18.9 Å². The molecule has 1 fully saturated rings. The van der Waals surface area contributed by atoms with E-state index in [2.05, 4.69) is 16.5 Å². The van der Waals surface area contributed by atoms with Crippen LogP contribution in [-0.2, 0) is 4.79 Å². The van der Waals surface area contributed by atoms with Crippen molar-refractivity contribution >= 4 is 22.8 Å². The maximum absolute atomic E-state index is 12.5. The number of fused-ring (bicyclic) bond motifs is 1. The van der Waals surface area contributed by atoms with Crippen LogP contribution in [0, 0.1) is 11.3 Å². The van der Waals surface area contributed by atoms with Gasteiger partial charge in [-0.15, -0.1) is 0 Å². The number of benzene rings is 2. The highest BCUT2D eigenvalue weighted by Crippen LogP contribution is 2.35. The lowest BCUT2D eigenvalue weighted by Crippen LogP contribution is -2.41. The fourth-order valence-electron chi connectivity index (χ4n) is 4.34. The number of nitrogens with zero attached hydrogens (tertiary/aromatic N) is 6. The summed E-state index contributed by atoms with van der Waals surface area (Å²) in [5, 5.41) is 14.6.